The Morgan fingerprint density at radius 1 is 1.12 bits per heavy atom. The highest BCUT2D eigenvalue weighted by Gasteiger charge is 2.23. The lowest BCUT2D eigenvalue weighted by molar-refractivity contribution is -0.117. The van der Waals surface area contributed by atoms with E-state index in [2.05, 4.69) is 10.2 Å². The van der Waals surface area contributed by atoms with E-state index >= 15 is 0 Å². The van der Waals surface area contributed by atoms with E-state index < -0.39 is 0 Å². The molecule has 6 nitrogen and oxygen atoms in total. The molecule has 0 aliphatic carbocycles. The van der Waals surface area contributed by atoms with Crippen LogP contribution < -0.4 is 9.64 Å². The summed E-state index contributed by atoms with van der Waals surface area (Å²) in [5.41, 5.74) is 1.56. The standard InChI is InChI=1S/C19H19N3O3S/c1-13(18(23)22(2)14-9-5-4-6-10-14)26-19-21-20-17(25-19)15-11-7-8-12-16(15)24-3/h4-13H,1-3H3. The molecule has 0 radical (unpaired) electrons. The van der Waals surface area contributed by atoms with Gasteiger partial charge < -0.3 is 14.1 Å². The molecule has 3 aromatic rings. The molecule has 7 heteroatoms. The number of amides is 1. The minimum Gasteiger partial charge on any atom is -0.496 e. The van der Waals surface area contributed by atoms with Crippen LogP contribution in [0.25, 0.3) is 11.5 Å². The summed E-state index contributed by atoms with van der Waals surface area (Å²) in [6, 6.07) is 16.9. The van der Waals surface area contributed by atoms with Crippen LogP contribution in [0, 0.1) is 0 Å². The van der Waals surface area contributed by atoms with Crippen LogP contribution in [-0.4, -0.2) is 35.5 Å². The van der Waals surface area contributed by atoms with Crippen molar-refractivity contribution in [3.63, 3.8) is 0 Å². The summed E-state index contributed by atoms with van der Waals surface area (Å²) in [4.78, 5) is 14.2. The molecule has 0 saturated heterocycles. The van der Waals surface area contributed by atoms with Gasteiger partial charge in [-0.1, -0.05) is 42.1 Å². The number of methoxy groups -OCH3 is 1. The van der Waals surface area contributed by atoms with Crippen molar-refractivity contribution in [2.75, 3.05) is 19.1 Å². The van der Waals surface area contributed by atoms with Gasteiger partial charge in [0.05, 0.1) is 17.9 Å². The number of nitrogens with zero attached hydrogens (tertiary/aromatic N) is 3. The normalized spacial score (nSPS) is 11.8. The second-order valence-electron chi connectivity index (χ2n) is 5.57. The lowest BCUT2D eigenvalue weighted by atomic mass is 10.2. The van der Waals surface area contributed by atoms with E-state index in [9.17, 15) is 4.79 Å². The van der Waals surface area contributed by atoms with Crippen LogP contribution in [0.2, 0.25) is 0 Å². The number of benzene rings is 2. The summed E-state index contributed by atoms with van der Waals surface area (Å²) in [5, 5.41) is 8.08. The Hall–Kier alpha value is -2.80. The van der Waals surface area contributed by atoms with E-state index in [1.807, 2.05) is 61.5 Å². The SMILES string of the molecule is COc1ccccc1-c1nnc(SC(C)C(=O)N(C)c2ccccc2)o1. The number of hydrogen-bond donors (Lipinski definition) is 0. The molecule has 0 aliphatic rings. The fourth-order valence-corrected chi connectivity index (χ4v) is 3.22. The zero-order chi connectivity index (χ0) is 18.5. The first-order valence-corrected chi connectivity index (χ1v) is 8.94. The lowest BCUT2D eigenvalue weighted by Crippen LogP contribution is -2.33. The summed E-state index contributed by atoms with van der Waals surface area (Å²) in [6.07, 6.45) is 0. The Balaban J connectivity index is 1.71. The molecule has 3 rings (SSSR count). The minimum atomic E-state index is -0.369. The average Bonchev–Trinajstić information content (AvgIpc) is 3.15. The minimum absolute atomic E-state index is 0.0433. The van der Waals surface area contributed by atoms with Crippen LogP contribution in [0.15, 0.2) is 64.2 Å². The molecule has 1 amide bonds. The highest BCUT2D eigenvalue weighted by Crippen LogP contribution is 2.32. The molecule has 0 saturated carbocycles. The van der Waals surface area contributed by atoms with Gasteiger partial charge in [0.15, 0.2) is 0 Å². The van der Waals surface area contributed by atoms with Crippen molar-refractivity contribution >= 4 is 23.4 Å². The van der Waals surface area contributed by atoms with Crippen LogP contribution in [0.1, 0.15) is 6.92 Å². The van der Waals surface area contributed by atoms with Crippen LogP contribution in [0.5, 0.6) is 5.75 Å². The lowest BCUT2D eigenvalue weighted by Gasteiger charge is -2.20. The van der Waals surface area contributed by atoms with Crippen molar-refractivity contribution in [1.29, 1.82) is 0 Å². The molecule has 26 heavy (non-hydrogen) atoms. The number of ether oxygens (including phenoxy) is 1. The molecule has 0 aliphatic heterocycles. The summed E-state index contributed by atoms with van der Waals surface area (Å²) in [7, 11) is 3.34. The van der Waals surface area contributed by atoms with Gasteiger partial charge in [-0.3, -0.25) is 4.79 Å². The Morgan fingerprint density at radius 3 is 2.54 bits per heavy atom. The van der Waals surface area contributed by atoms with Gasteiger partial charge in [0, 0.05) is 12.7 Å². The van der Waals surface area contributed by atoms with E-state index in [0.29, 0.717) is 16.9 Å². The summed E-state index contributed by atoms with van der Waals surface area (Å²) in [5.74, 6) is 0.972. The maximum atomic E-state index is 12.6. The summed E-state index contributed by atoms with van der Waals surface area (Å²) in [6.45, 7) is 1.82. The Labute approximate surface area is 156 Å². The van der Waals surface area contributed by atoms with Gasteiger partial charge in [0.2, 0.25) is 5.91 Å². The van der Waals surface area contributed by atoms with E-state index in [0.717, 1.165) is 11.3 Å². The van der Waals surface area contributed by atoms with Crippen LogP contribution >= 0.6 is 11.8 Å². The number of para-hydroxylation sites is 2. The van der Waals surface area contributed by atoms with Crippen LogP contribution in [0.3, 0.4) is 0 Å². The van der Waals surface area contributed by atoms with E-state index in [-0.39, 0.29) is 11.2 Å². The molecule has 0 N–H and O–H groups in total. The third-order valence-electron chi connectivity index (χ3n) is 3.84. The predicted molar refractivity (Wildman–Crippen MR) is 101 cm³/mol. The fraction of sp³-hybridized carbons (Fsp3) is 0.211. The summed E-state index contributed by atoms with van der Waals surface area (Å²) >= 11 is 1.23. The van der Waals surface area contributed by atoms with E-state index in [1.165, 1.54) is 11.8 Å². The zero-order valence-electron chi connectivity index (χ0n) is 14.7. The smallest absolute Gasteiger partial charge is 0.277 e. The van der Waals surface area contributed by atoms with Crippen molar-refractivity contribution in [3.05, 3.63) is 54.6 Å². The number of hydrogen-bond acceptors (Lipinski definition) is 6. The topological polar surface area (TPSA) is 68.5 Å². The van der Waals surface area contributed by atoms with E-state index in [4.69, 9.17) is 9.15 Å². The molecule has 1 heterocycles. The highest BCUT2D eigenvalue weighted by atomic mass is 32.2. The molecular weight excluding hydrogens is 350 g/mol. The Kier molecular flexibility index (Phi) is 5.58. The number of aromatic nitrogens is 2. The quantitative estimate of drug-likeness (QED) is 0.614. The molecule has 1 atom stereocenters. The average molecular weight is 369 g/mol. The van der Waals surface area contributed by atoms with Gasteiger partial charge >= 0.3 is 0 Å². The molecule has 1 aromatic heterocycles. The second kappa shape index (κ2) is 8.05. The monoisotopic (exact) mass is 369 g/mol. The van der Waals surface area contributed by atoms with Gasteiger partial charge in [0.1, 0.15) is 5.75 Å². The fourth-order valence-electron chi connectivity index (χ4n) is 2.44. The molecule has 2 aromatic carbocycles. The number of thioether (sulfide) groups is 1. The Morgan fingerprint density at radius 2 is 1.81 bits per heavy atom. The van der Waals surface area contributed by atoms with E-state index in [1.54, 1.807) is 19.1 Å². The van der Waals surface area contributed by atoms with Crippen molar-refractivity contribution < 1.29 is 13.9 Å². The third kappa shape index (κ3) is 3.88. The number of carbonyl (C=O) groups excluding carboxylic acids is 1. The van der Waals surface area contributed by atoms with Gasteiger partial charge in [-0.05, 0) is 31.2 Å². The van der Waals surface area contributed by atoms with Gasteiger partial charge in [-0.25, -0.2) is 0 Å². The van der Waals surface area contributed by atoms with Gasteiger partial charge in [0.25, 0.3) is 11.1 Å². The number of carbonyl (C=O) groups is 1. The predicted octanol–water partition coefficient (Wildman–Crippen LogP) is 3.89. The molecule has 1 unspecified atom stereocenters. The van der Waals surface area contributed by atoms with Gasteiger partial charge in [-0.15, -0.1) is 10.2 Å². The maximum absolute atomic E-state index is 12.6. The highest BCUT2D eigenvalue weighted by molar-refractivity contribution is 8.00. The van der Waals surface area contributed by atoms with Crippen molar-refractivity contribution in [2.45, 2.75) is 17.4 Å². The number of rotatable bonds is 6. The first-order chi connectivity index (χ1) is 12.6. The molecule has 0 bridgehead atoms. The number of anilines is 1. The molecular formula is C19H19N3O3S. The first-order valence-electron chi connectivity index (χ1n) is 8.06. The second-order valence-corrected chi connectivity index (χ2v) is 6.86. The van der Waals surface area contributed by atoms with Crippen LogP contribution in [0.4, 0.5) is 5.69 Å². The van der Waals surface area contributed by atoms with Crippen molar-refractivity contribution in [1.82, 2.24) is 10.2 Å². The van der Waals surface area contributed by atoms with Crippen molar-refractivity contribution in [3.8, 4) is 17.2 Å². The zero-order valence-corrected chi connectivity index (χ0v) is 15.6. The van der Waals surface area contributed by atoms with Gasteiger partial charge in [-0.2, -0.15) is 0 Å². The molecule has 134 valence electrons. The third-order valence-corrected chi connectivity index (χ3v) is 4.77. The Bertz CT molecular complexity index is 883. The maximum Gasteiger partial charge on any atom is 0.277 e. The molecule has 0 spiro atoms. The largest absolute Gasteiger partial charge is 0.496 e. The van der Waals surface area contributed by atoms with Crippen molar-refractivity contribution in [2.24, 2.45) is 0 Å². The van der Waals surface area contributed by atoms with Crippen LogP contribution in [-0.2, 0) is 4.79 Å². The summed E-state index contributed by atoms with van der Waals surface area (Å²) < 4.78 is 11.0. The first kappa shape index (κ1) is 18.0. The molecule has 0 fully saturated rings.